The fourth-order valence-electron chi connectivity index (χ4n) is 1.59. The fourth-order valence-corrected chi connectivity index (χ4v) is 1.59. The summed E-state index contributed by atoms with van der Waals surface area (Å²) in [5, 5.41) is 12.0. The van der Waals surface area contributed by atoms with Gasteiger partial charge in [0.25, 0.3) is 0 Å². The Morgan fingerprint density at radius 1 is 1.25 bits per heavy atom. The minimum absolute atomic E-state index is 0.283. The maximum absolute atomic E-state index is 8.64. The molecule has 0 bridgehead atoms. The van der Waals surface area contributed by atoms with Crippen molar-refractivity contribution in [2.24, 2.45) is 0 Å². The van der Waals surface area contributed by atoms with E-state index in [-0.39, 0.29) is 6.61 Å². The standard InChI is InChI=1S/C13H21NO2/c1-16-11-13-6-4-5-12(9-13)10-14-7-2-3-8-15/h4-6,9,14-15H,2-3,7-8,10-11H2,1H3. The van der Waals surface area contributed by atoms with Crippen LogP contribution in [0.5, 0.6) is 0 Å². The number of methoxy groups -OCH3 is 1. The normalized spacial score (nSPS) is 10.6. The molecule has 0 saturated heterocycles. The molecule has 2 N–H and O–H groups in total. The van der Waals surface area contributed by atoms with Gasteiger partial charge >= 0.3 is 0 Å². The van der Waals surface area contributed by atoms with Gasteiger partial charge in [0.1, 0.15) is 0 Å². The molecule has 0 aliphatic carbocycles. The van der Waals surface area contributed by atoms with Crippen molar-refractivity contribution in [1.29, 1.82) is 0 Å². The van der Waals surface area contributed by atoms with Gasteiger partial charge < -0.3 is 15.2 Å². The minimum atomic E-state index is 0.283. The maximum Gasteiger partial charge on any atom is 0.0713 e. The SMILES string of the molecule is COCc1cccc(CNCCCCO)c1. The first-order valence-electron chi connectivity index (χ1n) is 5.75. The Hall–Kier alpha value is -0.900. The topological polar surface area (TPSA) is 41.5 Å². The highest BCUT2D eigenvalue weighted by atomic mass is 16.5. The Morgan fingerprint density at radius 3 is 2.81 bits per heavy atom. The highest BCUT2D eigenvalue weighted by Gasteiger charge is 1.95. The fraction of sp³-hybridized carbons (Fsp3) is 0.538. The number of hydrogen-bond donors (Lipinski definition) is 2. The molecule has 1 aromatic rings. The van der Waals surface area contributed by atoms with E-state index in [1.807, 2.05) is 0 Å². The number of hydrogen-bond acceptors (Lipinski definition) is 3. The van der Waals surface area contributed by atoms with E-state index < -0.39 is 0 Å². The molecule has 0 unspecified atom stereocenters. The third-order valence-corrected chi connectivity index (χ3v) is 2.39. The molecule has 0 aromatic heterocycles. The van der Waals surface area contributed by atoms with E-state index in [1.54, 1.807) is 7.11 Å². The van der Waals surface area contributed by atoms with Crippen LogP contribution in [0.4, 0.5) is 0 Å². The number of ether oxygens (including phenoxy) is 1. The summed E-state index contributed by atoms with van der Waals surface area (Å²) in [6, 6.07) is 8.39. The zero-order chi connectivity index (χ0) is 11.6. The van der Waals surface area contributed by atoms with Crippen LogP contribution in [0.25, 0.3) is 0 Å². The summed E-state index contributed by atoms with van der Waals surface area (Å²) in [4.78, 5) is 0. The van der Waals surface area contributed by atoms with E-state index in [1.165, 1.54) is 11.1 Å². The Balaban J connectivity index is 2.27. The molecule has 1 rings (SSSR count). The molecule has 0 spiro atoms. The van der Waals surface area contributed by atoms with Crippen LogP contribution < -0.4 is 5.32 Å². The van der Waals surface area contributed by atoms with Gasteiger partial charge in [0, 0.05) is 20.3 Å². The van der Waals surface area contributed by atoms with Gasteiger partial charge in [-0.2, -0.15) is 0 Å². The molecule has 3 heteroatoms. The third-order valence-electron chi connectivity index (χ3n) is 2.39. The summed E-state index contributed by atoms with van der Waals surface area (Å²) in [5.74, 6) is 0. The minimum Gasteiger partial charge on any atom is -0.396 e. The smallest absolute Gasteiger partial charge is 0.0713 e. The number of rotatable bonds is 8. The molecule has 3 nitrogen and oxygen atoms in total. The van der Waals surface area contributed by atoms with Crippen LogP contribution in [-0.4, -0.2) is 25.4 Å². The van der Waals surface area contributed by atoms with Gasteiger partial charge in [0.2, 0.25) is 0 Å². The summed E-state index contributed by atoms with van der Waals surface area (Å²) >= 11 is 0. The summed E-state index contributed by atoms with van der Waals surface area (Å²) in [6.45, 7) is 2.78. The lowest BCUT2D eigenvalue weighted by Crippen LogP contribution is -2.15. The zero-order valence-electron chi connectivity index (χ0n) is 9.91. The number of aliphatic hydroxyl groups excluding tert-OH is 1. The average Bonchev–Trinajstić information content (AvgIpc) is 2.30. The van der Waals surface area contributed by atoms with Crippen molar-refractivity contribution in [1.82, 2.24) is 5.32 Å². The first-order valence-corrected chi connectivity index (χ1v) is 5.75. The van der Waals surface area contributed by atoms with Crippen molar-refractivity contribution in [3.63, 3.8) is 0 Å². The van der Waals surface area contributed by atoms with Crippen molar-refractivity contribution in [3.05, 3.63) is 35.4 Å². The molecular formula is C13H21NO2. The summed E-state index contributed by atoms with van der Waals surface area (Å²) in [6.07, 6.45) is 1.89. The largest absolute Gasteiger partial charge is 0.396 e. The highest BCUT2D eigenvalue weighted by Crippen LogP contribution is 2.06. The van der Waals surface area contributed by atoms with Crippen molar-refractivity contribution in [2.75, 3.05) is 20.3 Å². The van der Waals surface area contributed by atoms with Gasteiger partial charge in [-0.05, 0) is 30.5 Å². The van der Waals surface area contributed by atoms with E-state index in [4.69, 9.17) is 9.84 Å². The molecule has 0 aliphatic rings. The van der Waals surface area contributed by atoms with Crippen LogP contribution >= 0.6 is 0 Å². The molecule has 0 amide bonds. The first kappa shape index (κ1) is 13.2. The second-order valence-electron chi connectivity index (χ2n) is 3.86. The number of benzene rings is 1. The van der Waals surface area contributed by atoms with Crippen molar-refractivity contribution < 1.29 is 9.84 Å². The molecule has 0 atom stereocenters. The molecule has 16 heavy (non-hydrogen) atoms. The van der Waals surface area contributed by atoms with Crippen LogP contribution in [0.3, 0.4) is 0 Å². The number of aliphatic hydroxyl groups is 1. The lowest BCUT2D eigenvalue weighted by molar-refractivity contribution is 0.185. The van der Waals surface area contributed by atoms with Gasteiger partial charge in [0.05, 0.1) is 6.61 Å². The van der Waals surface area contributed by atoms with Crippen molar-refractivity contribution in [3.8, 4) is 0 Å². The quantitative estimate of drug-likeness (QED) is 0.659. The van der Waals surface area contributed by atoms with Crippen LogP contribution in [0.1, 0.15) is 24.0 Å². The third kappa shape index (κ3) is 5.26. The molecule has 1 aromatic carbocycles. The Bertz CT molecular complexity index is 289. The number of nitrogens with one attached hydrogen (secondary N) is 1. The van der Waals surface area contributed by atoms with Crippen LogP contribution in [-0.2, 0) is 17.9 Å². The first-order chi connectivity index (χ1) is 7.86. The summed E-state index contributed by atoms with van der Waals surface area (Å²) in [5.41, 5.74) is 2.48. The summed E-state index contributed by atoms with van der Waals surface area (Å²) in [7, 11) is 1.71. The highest BCUT2D eigenvalue weighted by molar-refractivity contribution is 5.22. The van der Waals surface area contributed by atoms with Crippen LogP contribution in [0.15, 0.2) is 24.3 Å². The van der Waals surface area contributed by atoms with Crippen molar-refractivity contribution >= 4 is 0 Å². The zero-order valence-corrected chi connectivity index (χ0v) is 9.91. The van der Waals surface area contributed by atoms with E-state index in [9.17, 15) is 0 Å². The lowest BCUT2D eigenvalue weighted by Gasteiger charge is -2.06. The van der Waals surface area contributed by atoms with E-state index >= 15 is 0 Å². The Labute approximate surface area is 97.4 Å². The lowest BCUT2D eigenvalue weighted by atomic mass is 10.1. The molecule has 0 heterocycles. The molecular weight excluding hydrogens is 202 g/mol. The van der Waals surface area contributed by atoms with Gasteiger partial charge in [-0.15, -0.1) is 0 Å². The average molecular weight is 223 g/mol. The summed E-state index contributed by atoms with van der Waals surface area (Å²) < 4.78 is 5.09. The second kappa shape index (κ2) is 8.28. The van der Waals surface area contributed by atoms with E-state index in [2.05, 4.69) is 29.6 Å². The Morgan fingerprint density at radius 2 is 2.06 bits per heavy atom. The molecule has 0 fully saturated rings. The van der Waals surface area contributed by atoms with E-state index in [0.29, 0.717) is 6.61 Å². The molecule has 0 saturated carbocycles. The van der Waals surface area contributed by atoms with Gasteiger partial charge in [-0.25, -0.2) is 0 Å². The second-order valence-corrected chi connectivity index (χ2v) is 3.86. The number of unbranched alkanes of at least 4 members (excludes halogenated alkanes) is 1. The van der Waals surface area contributed by atoms with Crippen molar-refractivity contribution in [2.45, 2.75) is 26.0 Å². The van der Waals surface area contributed by atoms with Gasteiger partial charge in [-0.1, -0.05) is 24.3 Å². The van der Waals surface area contributed by atoms with Gasteiger partial charge in [0.15, 0.2) is 0 Å². The van der Waals surface area contributed by atoms with Gasteiger partial charge in [-0.3, -0.25) is 0 Å². The predicted octanol–water partition coefficient (Wildman–Crippen LogP) is 1.70. The van der Waals surface area contributed by atoms with E-state index in [0.717, 1.165) is 25.9 Å². The molecule has 0 radical (unpaired) electrons. The Kier molecular flexibility index (Phi) is 6.81. The van der Waals surface area contributed by atoms with Crippen LogP contribution in [0.2, 0.25) is 0 Å². The monoisotopic (exact) mass is 223 g/mol. The molecule has 0 aliphatic heterocycles. The van der Waals surface area contributed by atoms with Crippen LogP contribution in [0, 0.1) is 0 Å². The maximum atomic E-state index is 8.64. The molecule has 90 valence electrons. The predicted molar refractivity (Wildman–Crippen MR) is 65.2 cm³/mol.